The van der Waals surface area contributed by atoms with Crippen molar-refractivity contribution in [3.8, 4) is 0 Å². The Morgan fingerprint density at radius 2 is 2.12 bits per heavy atom. The molecule has 1 atom stereocenters. The first-order valence-corrected chi connectivity index (χ1v) is 6.01. The zero-order valence-electron chi connectivity index (χ0n) is 10.4. The molecule has 1 fully saturated rings. The molecule has 0 aromatic rings. The number of amides is 2. The molecule has 0 bridgehead atoms. The van der Waals surface area contributed by atoms with Crippen molar-refractivity contribution >= 4 is 11.8 Å². The lowest BCUT2D eigenvalue weighted by atomic mass is 10.2. The Hall–Kier alpha value is -1.58. The van der Waals surface area contributed by atoms with E-state index in [0.29, 0.717) is 13.1 Å². The minimum atomic E-state index is -0.133. The van der Waals surface area contributed by atoms with Crippen molar-refractivity contribution in [2.45, 2.75) is 32.4 Å². The third-order valence-corrected chi connectivity index (χ3v) is 2.96. The summed E-state index contributed by atoms with van der Waals surface area (Å²) in [7, 11) is 0. The maximum absolute atomic E-state index is 11.8. The molecule has 0 aromatic heterocycles. The molecule has 17 heavy (non-hydrogen) atoms. The fourth-order valence-corrected chi connectivity index (χ4v) is 2.21. The second kappa shape index (κ2) is 6.23. The van der Waals surface area contributed by atoms with E-state index in [0.717, 1.165) is 19.3 Å². The zero-order valence-corrected chi connectivity index (χ0v) is 10.4. The molecule has 1 saturated heterocycles. The molecule has 0 N–H and O–H groups in total. The molecule has 0 saturated carbocycles. The highest BCUT2D eigenvalue weighted by atomic mass is 16.2. The fraction of sp³-hybridized carbons (Fsp3) is 0.538. The molecular formula is C13H20N2O2. The third kappa shape index (κ3) is 2.96. The summed E-state index contributed by atoms with van der Waals surface area (Å²) in [6, 6.07) is 0. The number of carbonyl (C=O) groups is 2. The van der Waals surface area contributed by atoms with Gasteiger partial charge in [-0.25, -0.2) is 0 Å². The van der Waals surface area contributed by atoms with E-state index in [-0.39, 0.29) is 18.0 Å². The molecule has 1 rings (SSSR count). The molecule has 0 aromatic carbocycles. The lowest BCUT2D eigenvalue weighted by molar-refractivity contribution is -0.137. The molecule has 1 unspecified atom stereocenters. The van der Waals surface area contributed by atoms with Gasteiger partial charge in [0.15, 0.2) is 0 Å². The maximum atomic E-state index is 11.8. The Morgan fingerprint density at radius 1 is 1.41 bits per heavy atom. The van der Waals surface area contributed by atoms with Crippen LogP contribution in [0.5, 0.6) is 0 Å². The maximum Gasteiger partial charge on any atom is 0.247 e. The SMILES string of the molecule is C=CC(=O)N(CCC)C1CCCN1C(=O)C=C. The summed E-state index contributed by atoms with van der Waals surface area (Å²) < 4.78 is 0. The van der Waals surface area contributed by atoms with Gasteiger partial charge in [0.05, 0.1) is 0 Å². The van der Waals surface area contributed by atoms with Crippen LogP contribution in [0.2, 0.25) is 0 Å². The fourth-order valence-electron chi connectivity index (χ4n) is 2.21. The second-order valence-electron chi connectivity index (χ2n) is 4.09. The lowest BCUT2D eigenvalue weighted by Gasteiger charge is -2.34. The van der Waals surface area contributed by atoms with E-state index in [1.54, 1.807) is 9.80 Å². The summed E-state index contributed by atoms with van der Waals surface area (Å²) in [5.74, 6) is -0.217. The van der Waals surface area contributed by atoms with Gasteiger partial charge in [-0.05, 0) is 31.4 Å². The van der Waals surface area contributed by atoms with Crippen LogP contribution in [0.3, 0.4) is 0 Å². The van der Waals surface area contributed by atoms with Gasteiger partial charge in [-0.3, -0.25) is 9.59 Å². The van der Waals surface area contributed by atoms with Gasteiger partial charge in [-0.2, -0.15) is 0 Å². The van der Waals surface area contributed by atoms with Gasteiger partial charge in [0.1, 0.15) is 6.17 Å². The molecule has 2 amide bonds. The minimum absolute atomic E-state index is 0.106. The van der Waals surface area contributed by atoms with Crippen LogP contribution in [0.25, 0.3) is 0 Å². The van der Waals surface area contributed by atoms with Crippen molar-refractivity contribution in [3.05, 3.63) is 25.3 Å². The number of likely N-dealkylation sites (tertiary alicyclic amines) is 1. The standard InChI is InChI=1S/C13H20N2O2/c1-4-9-14(12(16)5-2)11-8-7-10-15(11)13(17)6-3/h5-6,11H,2-4,7-10H2,1H3. The highest BCUT2D eigenvalue weighted by molar-refractivity contribution is 5.90. The summed E-state index contributed by atoms with van der Waals surface area (Å²) in [5.41, 5.74) is 0. The predicted octanol–water partition coefficient (Wildman–Crippen LogP) is 1.55. The van der Waals surface area contributed by atoms with Gasteiger partial charge >= 0.3 is 0 Å². The highest BCUT2D eigenvalue weighted by Gasteiger charge is 2.33. The molecule has 4 heteroatoms. The molecule has 1 aliphatic heterocycles. The Labute approximate surface area is 103 Å². The number of rotatable bonds is 5. The van der Waals surface area contributed by atoms with Crippen molar-refractivity contribution in [3.63, 3.8) is 0 Å². The molecule has 4 nitrogen and oxygen atoms in total. The second-order valence-corrected chi connectivity index (χ2v) is 4.09. The van der Waals surface area contributed by atoms with Crippen molar-refractivity contribution < 1.29 is 9.59 Å². The predicted molar refractivity (Wildman–Crippen MR) is 67.1 cm³/mol. The van der Waals surface area contributed by atoms with Crippen LogP contribution in [0.4, 0.5) is 0 Å². The normalized spacial score (nSPS) is 18.9. The van der Waals surface area contributed by atoms with Gasteiger partial charge < -0.3 is 9.80 Å². The van der Waals surface area contributed by atoms with E-state index >= 15 is 0 Å². The van der Waals surface area contributed by atoms with Crippen molar-refractivity contribution in [2.75, 3.05) is 13.1 Å². The number of hydrogen-bond donors (Lipinski definition) is 0. The largest absolute Gasteiger partial charge is 0.319 e. The van der Waals surface area contributed by atoms with Crippen LogP contribution >= 0.6 is 0 Å². The molecule has 0 radical (unpaired) electrons. The van der Waals surface area contributed by atoms with E-state index in [4.69, 9.17) is 0 Å². The Kier molecular flexibility index (Phi) is 4.94. The summed E-state index contributed by atoms with van der Waals surface area (Å²) >= 11 is 0. The van der Waals surface area contributed by atoms with Gasteiger partial charge in [-0.1, -0.05) is 20.1 Å². The van der Waals surface area contributed by atoms with Gasteiger partial charge in [0, 0.05) is 13.1 Å². The van der Waals surface area contributed by atoms with Crippen LogP contribution < -0.4 is 0 Å². The quantitative estimate of drug-likeness (QED) is 0.679. The molecule has 0 spiro atoms. The van der Waals surface area contributed by atoms with E-state index < -0.39 is 0 Å². The summed E-state index contributed by atoms with van der Waals surface area (Å²) in [5, 5.41) is 0. The zero-order chi connectivity index (χ0) is 12.8. The van der Waals surface area contributed by atoms with Crippen molar-refractivity contribution in [1.29, 1.82) is 0 Å². The number of nitrogens with zero attached hydrogens (tertiary/aromatic N) is 2. The lowest BCUT2D eigenvalue weighted by Crippen LogP contribution is -2.49. The molecular weight excluding hydrogens is 216 g/mol. The van der Waals surface area contributed by atoms with Gasteiger partial charge in [0.2, 0.25) is 11.8 Å². The van der Waals surface area contributed by atoms with Crippen LogP contribution in [-0.4, -0.2) is 40.9 Å². The Bertz CT molecular complexity index is 325. The van der Waals surface area contributed by atoms with Crippen molar-refractivity contribution in [2.24, 2.45) is 0 Å². The van der Waals surface area contributed by atoms with E-state index in [1.165, 1.54) is 12.2 Å². The van der Waals surface area contributed by atoms with Crippen LogP contribution in [0.1, 0.15) is 26.2 Å². The van der Waals surface area contributed by atoms with Gasteiger partial charge in [0.25, 0.3) is 0 Å². The van der Waals surface area contributed by atoms with Crippen LogP contribution in [-0.2, 0) is 9.59 Å². The molecule has 1 heterocycles. The topological polar surface area (TPSA) is 40.6 Å². The van der Waals surface area contributed by atoms with E-state index in [2.05, 4.69) is 13.2 Å². The number of hydrogen-bond acceptors (Lipinski definition) is 2. The number of carbonyl (C=O) groups excluding carboxylic acids is 2. The molecule has 1 aliphatic rings. The molecule has 0 aliphatic carbocycles. The average Bonchev–Trinajstić information content (AvgIpc) is 2.82. The summed E-state index contributed by atoms with van der Waals surface area (Å²) in [6.45, 7) is 10.4. The van der Waals surface area contributed by atoms with E-state index in [1.807, 2.05) is 6.92 Å². The van der Waals surface area contributed by atoms with Gasteiger partial charge in [-0.15, -0.1) is 0 Å². The Balaban J connectivity index is 2.85. The Morgan fingerprint density at radius 3 is 2.65 bits per heavy atom. The van der Waals surface area contributed by atoms with Crippen molar-refractivity contribution in [1.82, 2.24) is 9.80 Å². The summed E-state index contributed by atoms with van der Waals surface area (Å²) in [6.07, 6.45) is 5.11. The van der Waals surface area contributed by atoms with Crippen LogP contribution in [0, 0.1) is 0 Å². The highest BCUT2D eigenvalue weighted by Crippen LogP contribution is 2.21. The van der Waals surface area contributed by atoms with E-state index in [9.17, 15) is 9.59 Å². The first-order valence-electron chi connectivity index (χ1n) is 6.01. The first kappa shape index (κ1) is 13.5. The smallest absolute Gasteiger partial charge is 0.247 e. The van der Waals surface area contributed by atoms with Crippen LogP contribution in [0.15, 0.2) is 25.3 Å². The first-order chi connectivity index (χ1) is 8.15. The summed E-state index contributed by atoms with van der Waals surface area (Å²) in [4.78, 5) is 26.9. The molecule has 94 valence electrons. The monoisotopic (exact) mass is 236 g/mol. The third-order valence-electron chi connectivity index (χ3n) is 2.96. The average molecular weight is 236 g/mol. The minimum Gasteiger partial charge on any atom is -0.319 e.